The number of thioether (sulfide) groups is 1. The van der Waals surface area contributed by atoms with Gasteiger partial charge in [-0.2, -0.15) is 0 Å². The van der Waals surface area contributed by atoms with Gasteiger partial charge >= 0.3 is 0 Å². The fourth-order valence-corrected chi connectivity index (χ4v) is 3.33. The summed E-state index contributed by atoms with van der Waals surface area (Å²) in [5.74, 6) is 1.51. The van der Waals surface area contributed by atoms with Crippen molar-refractivity contribution in [1.29, 1.82) is 0 Å². The molecule has 0 saturated carbocycles. The van der Waals surface area contributed by atoms with E-state index in [9.17, 15) is 4.79 Å². The smallest absolute Gasteiger partial charge is 0.244 e. The van der Waals surface area contributed by atoms with Gasteiger partial charge in [-0.3, -0.25) is 9.78 Å². The van der Waals surface area contributed by atoms with Gasteiger partial charge < -0.3 is 15.5 Å². The highest BCUT2D eigenvalue weighted by molar-refractivity contribution is 7.99. The van der Waals surface area contributed by atoms with Crippen molar-refractivity contribution >= 4 is 35.2 Å². The molecule has 0 unspecified atom stereocenters. The minimum Gasteiger partial charge on any atom is -0.357 e. The van der Waals surface area contributed by atoms with E-state index >= 15 is 0 Å². The number of nitrogens with zero attached hydrogens (tertiary/aromatic N) is 3. The summed E-state index contributed by atoms with van der Waals surface area (Å²) in [7, 11) is 1.80. The zero-order valence-electron chi connectivity index (χ0n) is 16.9. The molecule has 2 N–H and O–H groups in total. The summed E-state index contributed by atoms with van der Waals surface area (Å²) in [4.78, 5) is 23.9. The lowest BCUT2D eigenvalue weighted by atomic mass is 10.2. The first-order valence-electron chi connectivity index (χ1n) is 9.63. The summed E-state index contributed by atoms with van der Waals surface area (Å²) in [5, 5.41) is 7.18. The van der Waals surface area contributed by atoms with Crippen LogP contribution in [0.3, 0.4) is 0 Å². The minimum atomic E-state index is -0.0197. The van der Waals surface area contributed by atoms with Crippen molar-refractivity contribution in [3.8, 4) is 0 Å². The van der Waals surface area contributed by atoms with E-state index in [1.807, 2.05) is 49.4 Å². The predicted molar refractivity (Wildman–Crippen MR) is 122 cm³/mol. The van der Waals surface area contributed by atoms with Crippen molar-refractivity contribution in [1.82, 2.24) is 20.5 Å². The number of hydrogen-bond donors (Lipinski definition) is 2. The van der Waals surface area contributed by atoms with E-state index in [0.717, 1.165) is 36.0 Å². The number of halogens is 1. The van der Waals surface area contributed by atoms with Crippen molar-refractivity contribution in [2.45, 2.75) is 18.2 Å². The molecule has 0 bridgehead atoms. The number of benzene rings is 1. The summed E-state index contributed by atoms with van der Waals surface area (Å²) in [6.07, 6.45) is 2.49. The molecule has 0 aliphatic rings. The average Bonchev–Trinajstić information content (AvgIpc) is 2.75. The molecular formula is C21H28ClN5OS. The van der Waals surface area contributed by atoms with Crippen LogP contribution >= 0.6 is 23.4 Å². The van der Waals surface area contributed by atoms with E-state index in [1.165, 1.54) is 4.90 Å². The van der Waals surface area contributed by atoms with Crippen LogP contribution in [0.1, 0.15) is 12.6 Å². The second kappa shape index (κ2) is 13.1. The maximum absolute atomic E-state index is 12.3. The van der Waals surface area contributed by atoms with Crippen molar-refractivity contribution in [3.05, 3.63) is 59.4 Å². The van der Waals surface area contributed by atoms with Crippen molar-refractivity contribution in [2.24, 2.45) is 4.99 Å². The van der Waals surface area contributed by atoms with Gasteiger partial charge in [-0.25, -0.2) is 4.99 Å². The number of aromatic nitrogens is 1. The number of hydrogen-bond acceptors (Lipinski definition) is 4. The molecule has 0 aliphatic carbocycles. The molecule has 0 spiro atoms. The summed E-state index contributed by atoms with van der Waals surface area (Å²) in [6.45, 7) is 4.20. The number of pyridine rings is 1. The normalized spacial score (nSPS) is 11.2. The number of rotatable bonds is 10. The maximum Gasteiger partial charge on any atom is 0.244 e. The van der Waals surface area contributed by atoms with Crippen LogP contribution in [0.2, 0.25) is 5.02 Å². The quantitative estimate of drug-likeness (QED) is 0.261. The van der Waals surface area contributed by atoms with Gasteiger partial charge in [-0.15, -0.1) is 11.8 Å². The van der Waals surface area contributed by atoms with Crippen LogP contribution in [0.25, 0.3) is 0 Å². The van der Waals surface area contributed by atoms with Gasteiger partial charge in [0.15, 0.2) is 5.96 Å². The molecule has 0 atom stereocenters. The second-order valence-electron chi connectivity index (χ2n) is 6.31. The highest BCUT2D eigenvalue weighted by Gasteiger charge is 2.09. The zero-order valence-corrected chi connectivity index (χ0v) is 18.5. The van der Waals surface area contributed by atoms with Crippen LogP contribution in [0.5, 0.6) is 0 Å². The Labute approximate surface area is 182 Å². The van der Waals surface area contributed by atoms with Crippen LogP contribution < -0.4 is 10.6 Å². The first-order valence-corrected chi connectivity index (χ1v) is 11.0. The lowest BCUT2D eigenvalue weighted by Gasteiger charge is -2.16. The van der Waals surface area contributed by atoms with Gasteiger partial charge in [0.2, 0.25) is 5.91 Å². The Kier molecular flexibility index (Phi) is 10.4. The lowest BCUT2D eigenvalue weighted by Crippen LogP contribution is -2.39. The number of carbonyl (C=O) groups excluding carboxylic acids is 1. The Morgan fingerprint density at radius 1 is 1.21 bits per heavy atom. The van der Waals surface area contributed by atoms with Crippen molar-refractivity contribution in [2.75, 3.05) is 39.0 Å². The summed E-state index contributed by atoms with van der Waals surface area (Å²) in [6, 6.07) is 13.6. The van der Waals surface area contributed by atoms with Gasteiger partial charge in [-0.1, -0.05) is 17.7 Å². The zero-order chi connectivity index (χ0) is 20.9. The fourth-order valence-electron chi connectivity index (χ4n) is 2.43. The van der Waals surface area contributed by atoms with Crippen LogP contribution in [0, 0.1) is 0 Å². The third kappa shape index (κ3) is 9.19. The number of likely N-dealkylation sites (N-methyl/N-ethyl adjacent to an activating group) is 1. The summed E-state index contributed by atoms with van der Waals surface area (Å²) < 4.78 is 0. The second-order valence-corrected chi connectivity index (χ2v) is 7.92. The Hall–Kier alpha value is -2.25. The summed E-state index contributed by atoms with van der Waals surface area (Å²) in [5.41, 5.74) is 0.976. The van der Waals surface area contributed by atoms with E-state index < -0.39 is 0 Å². The lowest BCUT2D eigenvalue weighted by molar-refractivity contribution is -0.128. The monoisotopic (exact) mass is 433 g/mol. The average molecular weight is 434 g/mol. The molecule has 0 fully saturated rings. The molecular weight excluding hydrogens is 406 g/mol. The predicted octanol–water partition coefficient (Wildman–Crippen LogP) is 3.08. The van der Waals surface area contributed by atoms with Crippen molar-refractivity contribution < 1.29 is 4.79 Å². The number of carbonyl (C=O) groups is 1. The number of nitrogens with one attached hydrogen (secondary N) is 2. The molecule has 0 radical (unpaired) electrons. The maximum atomic E-state index is 12.3. The van der Waals surface area contributed by atoms with Gasteiger partial charge in [-0.05, 0) is 43.3 Å². The highest BCUT2D eigenvalue weighted by Crippen LogP contribution is 2.19. The number of aliphatic imine (C=N–C) groups is 1. The Bertz CT molecular complexity index is 770. The molecule has 0 saturated heterocycles. The first kappa shape index (κ1) is 23.0. The molecule has 29 heavy (non-hydrogen) atoms. The van der Waals surface area contributed by atoms with Crippen molar-refractivity contribution in [3.63, 3.8) is 0 Å². The van der Waals surface area contributed by atoms with E-state index in [-0.39, 0.29) is 12.5 Å². The molecule has 6 nitrogen and oxygen atoms in total. The van der Waals surface area contributed by atoms with Crippen LogP contribution in [-0.4, -0.2) is 60.7 Å². The first-order chi connectivity index (χ1) is 14.1. The molecule has 2 aromatic rings. The van der Waals surface area contributed by atoms with E-state index in [1.54, 1.807) is 29.9 Å². The third-order valence-corrected chi connectivity index (χ3v) is 5.31. The molecule has 2 rings (SSSR count). The molecule has 1 aromatic heterocycles. The molecule has 1 heterocycles. The largest absolute Gasteiger partial charge is 0.357 e. The van der Waals surface area contributed by atoms with Gasteiger partial charge in [0.05, 0.1) is 0 Å². The minimum absolute atomic E-state index is 0.0197. The van der Waals surface area contributed by atoms with E-state index in [4.69, 9.17) is 11.6 Å². The van der Waals surface area contributed by atoms with Gasteiger partial charge in [0.25, 0.3) is 0 Å². The van der Waals surface area contributed by atoms with Crippen LogP contribution in [0.15, 0.2) is 58.5 Å². The van der Waals surface area contributed by atoms with Crippen LogP contribution in [0.4, 0.5) is 0 Å². The third-order valence-electron chi connectivity index (χ3n) is 4.05. The number of amides is 1. The number of guanidine groups is 1. The summed E-state index contributed by atoms with van der Waals surface area (Å²) >= 11 is 7.64. The van der Waals surface area contributed by atoms with E-state index in [2.05, 4.69) is 20.6 Å². The Morgan fingerprint density at radius 3 is 2.69 bits per heavy atom. The SMILES string of the molecule is CCNC(=NCC(=O)N(C)CCc1ccccn1)NCCSc1ccc(Cl)cc1. The van der Waals surface area contributed by atoms with Gasteiger partial charge in [0, 0.05) is 60.7 Å². The molecule has 0 aliphatic heterocycles. The topological polar surface area (TPSA) is 69.6 Å². The Morgan fingerprint density at radius 2 is 2.00 bits per heavy atom. The molecule has 156 valence electrons. The van der Waals surface area contributed by atoms with E-state index in [0.29, 0.717) is 12.5 Å². The van der Waals surface area contributed by atoms with Gasteiger partial charge in [0.1, 0.15) is 6.54 Å². The fraction of sp³-hybridized carbons (Fsp3) is 0.381. The van der Waals surface area contributed by atoms with Crippen LogP contribution in [-0.2, 0) is 11.2 Å². The molecule has 8 heteroatoms. The Balaban J connectivity index is 1.73. The molecule has 1 aromatic carbocycles. The highest BCUT2D eigenvalue weighted by atomic mass is 35.5. The standard InChI is InChI=1S/C21H28ClN5OS/c1-3-23-21(25-13-15-29-19-9-7-17(22)8-10-19)26-16-20(28)27(2)14-11-18-6-4-5-12-24-18/h4-10,12H,3,11,13-16H2,1-2H3,(H2,23,25,26). The molecule has 1 amide bonds.